The molecule has 1 aromatic carbocycles. The number of hydrogen-bond acceptors (Lipinski definition) is 5. The van der Waals surface area contributed by atoms with Crippen LogP contribution in [0.1, 0.15) is 29.6 Å². The Labute approximate surface area is 173 Å². The topological polar surface area (TPSA) is 89.5 Å². The van der Waals surface area contributed by atoms with Crippen molar-refractivity contribution in [2.75, 3.05) is 10.6 Å². The van der Waals surface area contributed by atoms with E-state index in [-0.39, 0.29) is 38.5 Å². The summed E-state index contributed by atoms with van der Waals surface area (Å²) in [5, 5.41) is 5.34. The molecule has 1 aromatic heterocycles. The molecule has 7 nitrogen and oxygen atoms in total. The molecule has 0 bridgehead atoms. The zero-order valence-corrected chi connectivity index (χ0v) is 16.1. The quantitative estimate of drug-likeness (QED) is 0.725. The van der Waals surface area contributed by atoms with Crippen molar-refractivity contribution in [3.05, 3.63) is 40.1 Å². The molecule has 1 spiro atoms. The Hall–Kier alpha value is -2.65. The number of benzene rings is 1. The highest BCUT2D eigenvalue weighted by Crippen LogP contribution is 2.49. The second kappa shape index (κ2) is 7.31. The lowest BCUT2D eigenvalue weighted by Crippen LogP contribution is -2.55. The predicted octanol–water partition coefficient (Wildman–Crippen LogP) is 4.50. The average Bonchev–Trinajstić information content (AvgIpc) is 2.62. The fraction of sp³-hybridized carbons (Fsp3) is 0.278. The molecule has 2 N–H and O–H groups in total. The number of amides is 2. The van der Waals surface area contributed by atoms with Crippen molar-refractivity contribution in [3.63, 3.8) is 0 Å². The molecule has 2 heterocycles. The first kappa shape index (κ1) is 19.7. The molecule has 1 saturated carbocycles. The Balaban J connectivity index is 1.74. The molecule has 1 aliphatic heterocycles. The van der Waals surface area contributed by atoms with Crippen molar-refractivity contribution in [1.29, 1.82) is 0 Å². The smallest absolute Gasteiger partial charge is 0.387 e. The maximum absolute atomic E-state index is 12.8. The van der Waals surface area contributed by atoms with Gasteiger partial charge in [-0.3, -0.25) is 14.6 Å². The predicted molar refractivity (Wildman–Crippen MR) is 101 cm³/mol. The second-order valence-electron chi connectivity index (χ2n) is 6.53. The van der Waals surface area contributed by atoms with Crippen LogP contribution in [-0.2, 0) is 4.79 Å². The lowest BCUT2D eigenvalue weighted by molar-refractivity contribution is -0.140. The van der Waals surface area contributed by atoms with Gasteiger partial charge < -0.3 is 20.1 Å². The molecule has 0 saturated heterocycles. The number of carbonyl (C=O) groups is 2. The van der Waals surface area contributed by atoms with Gasteiger partial charge in [0.2, 0.25) is 0 Å². The zero-order valence-electron chi connectivity index (χ0n) is 14.6. The van der Waals surface area contributed by atoms with Gasteiger partial charge in [-0.2, -0.15) is 8.78 Å². The maximum Gasteiger partial charge on any atom is 0.387 e. The molecule has 0 unspecified atom stereocenters. The van der Waals surface area contributed by atoms with Gasteiger partial charge in [-0.05, 0) is 31.4 Å². The number of pyridine rings is 1. The van der Waals surface area contributed by atoms with Gasteiger partial charge in [0.1, 0.15) is 5.69 Å². The van der Waals surface area contributed by atoms with E-state index in [0.29, 0.717) is 12.8 Å². The minimum Gasteiger partial charge on any atom is -0.471 e. The van der Waals surface area contributed by atoms with E-state index in [0.717, 1.165) is 6.42 Å². The third kappa shape index (κ3) is 3.44. The fourth-order valence-corrected chi connectivity index (χ4v) is 3.63. The van der Waals surface area contributed by atoms with Crippen molar-refractivity contribution in [3.8, 4) is 11.5 Å². The third-order valence-corrected chi connectivity index (χ3v) is 5.36. The largest absolute Gasteiger partial charge is 0.471 e. The number of rotatable bonds is 4. The van der Waals surface area contributed by atoms with Crippen molar-refractivity contribution < 1.29 is 27.8 Å². The van der Waals surface area contributed by atoms with Gasteiger partial charge in [0.25, 0.3) is 11.8 Å². The van der Waals surface area contributed by atoms with E-state index in [1.165, 1.54) is 24.5 Å². The zero-order chi connectivity index (χ0) is 20.8. The summed E-state index contributed by atoms with van der Waals surface area (Å²) in [6.45, 7) is -3.10. The lowest BCUT2D eigenvalue weighted by atomic mass is 9.78. The maximum atomic E-state index is 12.8. The second-order valence-corrected chi connectivity index (χ2v) is 7.34. The minimum absolute atomic E-state index is 0.0342. The van der Waals surface area contributed by atoms with Crippen LogP contribution < -0.4 is 20.1 Å². The van der Waals surface area contributed by atoms with Gasteiger partial charge in [-0.1, -0.05) is 23.2 Å². The number of ether oxygens (including phenoxy) is 2. The standard InChI is InChI=1S/C18H13Cl2F2N3O4/c19-9-6-23-7-10(20)13(9)24-15(26)8-2-3-11(28-17(21)22)14-12(8)25-16(27)18(29-14)4-1-5-18/h2-3,6-7,17H,1,4-5H2,(H,25,27)(H,23,24,26). The number of anilines is 2. The summed E-state index contributed by atoms with van der Waals surface area (Å²) in [5.74, 6) is -1.53. The van der Waals surface area contributed by atoms with Crippen LogP contribution in [0.15, 0.2) is 24.5 Å². The van der Waals surface area contributed by atoms with Crippen LogP contribution in [0.5, 0.6) is 11.5 Å². The number of hydrogen-bond donors (Lipinski definition) is 2. The number of nitrogens with zero attached hydrogens (tertiary/aromatic N) is 1. The van der Waals surface area contributed by atoms with E-state index in [9.17, 15) is 18.4 Å². The van der Waals surface area contributed by atoms with Gasteiger partial charge in [-0.15, -0.1) is 0 Å². The van der Waals surface area contributed by atoms with Crippen molar-refractivity contribution in [2.45, 2.75) is 31.5 Å². The Morgan fingerprint density at radius 2 is 1.97 bits per heavy atom. The molecule has 1 fully saturated rings. The van der Waals surface area contributed by atoms with Crippen molar-refractivity contribution in [1.82, 2.24) is 4.98 Å². The molecule has 2 aliphatic rings. The summed E-state index contributed by atoms with van der Waals surface area (Å²) in [6.07, 6.45) is 4.22. The van der Waals surface area contributed by atoms with Gasteiger partial charge in [0, 0.05) is 12.4 Å². The molecule has 2 amide bonds. The highest BCUT2D eigenvalue weighted by molar-refractivity contribution is 6.39. The Bertz CT molecular complexity index is 995. The molecule has 11 heteroatoms. The van der Waals surface area contributed by atoms with Gasteiger partial charge >= 0.3 is 6.61 Å². The van der Waals surface area contributed by atoms with E-state index in [2.05, 4.69) is 20.4 Å². The molecular weight excluding hydrogens is 431 g/mol. The van der Waals surface area contributed by atoms with Crippen LogP contribution in [0, 0.1) is 0 Å². The summed E-state index contributed by atoms with van der Waals surface area (Å²) < 4.78 is 35.9. The number of alkyl halides is 2. The van der Waals surface area contributed by atoms with Crippen LogP contribution in [0.2, 0.25) is 10.0 Å². The van der Waals surface area contributed by atoms with E-state index in [1.807, 2.05) is 0 Å². The normalized spacial score (nSPS) is 16.5. The van der Waals surface area contributed by atoms with Crippen LogP contribution >= 0.6 is 23.2 Å². The summed E-state index contributed by atoms with van der Waals surface area (Å²) in [6, 6.07) is 2.41. The Morgan fingerprint density at radius 1 is 1.28 bits per heavy atom. The molecule has 2 aromatic rings. The fourth-order valence-electron chi connectivity index (χ4n) is 3.17. The summed E-state index contributed by atoms with van der Waals surface area (Å²) in [4.78, 5) is 29.2. The summed E-state index contributed by atoms with van der Waals surface area (Å²) in [5.41, 5.74) is -1.12. The minimum atomic E-state index is -3.10. The number of aromatic nitrogens is 1. The molecule has 152 valence electrons. The van der Waals surface area contributed by atoms with Gasteiger partial charge in [0.05, 0.1) is 21.3 Å². The Kier molecular flexibility index (Phi) is 4.95. The lowest BCUT2D eigenvalue weighted by Gasteiger charge is -2.44. The number of halogens is 4. The van der Waals surface area contributed by atoms with Crippen LogP contribution in [0.3, 0.4) is 0 Å². The van der Waals surface area contributed by atoms with Crippen molar-refractivity contribution in [2.24, 2.45) is 0 Å². The number of fused-ring (bicyclic) bond motifs is 1. The monoisotopic (exact) mass is 443 g/mol. The van der Waals surface area contributed by atoms with Crippen molar-refractivity contribution >= 4 is 46.4 Å². The van der Waals surface area contributed by atoms with E-state index in [1.54, 1.807) is 0 Å². The summed E-state index contributed by atoms with van der Waals surface area (Å²) >= 11 is 12.0. The molecule has 0 atom stereocenters. The molecular formula is C18H13Cl2F2N3O4. The van der Waals surface area contributed by atoms with Crippen LogP contribution in [0.25, 0.3) is 0 Å². The van der Waals surface area contributed by atoms with Crippen LogP contribution in [-0.4, -0.2) is 29.0 Å². The first-order valence-electron chi connectivity index (χ1n) is 8.53. The van der Waals surface area contributed by atoms with E-state index in [4.69, 9.17) is 27.9 Å². The molecule has 1 aliphatic carbocycles. The van der Waals surface area contributed by atoms with Gasteiger partial charge in [-0.25, -0.2) is 0 Å². The highest BCUT2D eigenvalue weighted by Gasteiger charge is 2.51. The average molecular weight is 444 g/mol. The number of nitrogens with one attached hydrogen (secondary N) is 2. The highest BCUT2D eigenvalue weighted by atomic mass is 35.5. The molecule has 0 radical (unpaired) electrons. The molecule has 29 heavy (non-hydrogen) atoms. The molecule has 4 rings (SSSR count). The Morgan fingerprint density at radius 3 is 2.55 bits per heavy atom. The third-order valence-electron chi connectivity index (χ3n) is 4.79. The first-order chi connectivity index (χ1) is 13.8. The SMILES string of the molecule is O=C(Nc1c(Cl)cncc1Cl)c1ccc(OC(F)F)c2c1NC(=O)C1(CCC1)O2. The van der Waals surface area contributed by atoms with Crippen LogP contribution in [0.4, 0.5) is 20.2 Å². The van der Waals surface area contributed by atoms with E-state index >= 15 is 0 Å². The van der Waals surface area contributed by atoms with Gasteiger partial charge in [0.15, 0.2) is 17.1 Å². The van der Waals surface area contributed by atoms with E-state index < -0.39 is 24.0 Å². The summed E-state index contributed by atoms with van der Waals surface area (Å²) in [7, 11) is 0. The number of carbonyl (C=O) groups excluding carboxylic acids is 2. The first-order valence-corrected chi connectivity index (χ1v) is 9.29.